The lowest BCUT2D eigenvalue weighted by Gasteiger charge is -2.35. The van der Waals surface area contributed by atoms with Crippen molar-refractivity contribution in [2.45, 2.75) is 39.1 Å². The highest BCUT2D eigenvalue weighted by Gasteiger charge is 2.21. The second-order valence-corrected chi connectivity index (χ2v) is 7.29. The molecule has 158 valence electrons. The lowest BCUT2D eigenvalue weighted by Crippen LogP contribution is -2.44. The number of nitrogens with two attached hydrogens (primary N) is 1. The number of morpholine rings is 1. The molecule has 2 aromatic rings. The monoisotopic (exact) mass is 510 g/mol. The molecule has 2 atom stereocenters. The summed E-state index contributed by atoms with van der Waals surface area (Å²) in [7, 11) is 1.63. The smallest absolute Gasteiger partial charge is 0.193 e. The second-order valence-electron chi connectivity index (χ2n) is 7.29. The molecule has 1 aliphatic rings. The van der Waals surface area contributed by atoms with Gasteiger partial charge in [0.1, 0.15) is 5.75 Å². The molecular weight excluding hydrogens is 479 g/mol. The quantitative estimate of drug-likeness (QED) is 0.351. The molecule has 0 spiro atoms. The molecule has 0 radical (unpaired) electrons. The third-order valence-electron chi connectivity index (χ3n) is 4.73. The van der Waals surface area contributed by atoms with Crippen LogP contribution in [0.3, 0.4) is 0 Å². The van der Waals surface area contributed by atoms with Crippen molar-refractivity contribution in [2.75, 3.05) is 25.5 Å². The number of halogens is 1. The Hall–Kier alpha value is -1.84. The van der Waals surface area contributed by atoms with Crippen molar-refractivity contribution in [3.8, 4) is 5.75 Å². The highest BCUT2D eigenvalue weighted by Crippen LogP contribution is 2.22. The number of hydrogen-bond acceptors (Lipinski definition) is 4. The second kappa shape index (κ2) is 11.4. The molecule has 0 bridgehead atoms. The molecule has 3 N–H and O–H groups in total. The average Bonchev–Trinajstić information content (AvgIpc) is 2.67. The maximum absolute atomic E-state index is 6.02. The van der Waals surface area contributed by atoms with Crippen LogP contribution in [0.15, 0.2) is 53.5 Å². The molecule has 2 unspecified atom stereocenters. The lowest BCUT2D eigenvalue weighted by atomic mass is 10.1. The van der Waals surface area contributed by atoms with Crippen LogP contribution in [0.4, 0.5) is 5.69 Å². The normalized spacial score (nSPS) is 20.0. The Balaban J connectivity index is 0.00000300. The van der Waals surface area contributed by atoms with E-state index in [1.165, 1.54) is 5.56 Å². The van der Waals surface area contributed by atoms with Crippen molar-refractivity contribution in [1.82, 2.24) is 4.90 Å². The number of methoxy groups -OCH3 is 1. The topological polar surface area (TPSA) is 72.1 Å². The third kappa shape index (κ3) is 7.17. The fourth-order valence-electron chi connectivity index (χ4n) is 3.52. The van der Waals surface area contributed by atoms with E-state index in [-0.39, 0.29) is 36.2 Å². The van der Waals surface area contributed by atoms with E-state index in [2.05, 4.69) is 53.3 Å². The minimum atomic E-state index is 0. The number of rotatable bonds is 6. The van der Waals surface area contributed by atoms with Crippen LogP contribution in [0.25, 0.3) is 0 Å². The molecule has 2 aromatic carbocycles. The summed E-state index contributed by atoms with van der Waals surface area (Å²) in [6.45, 7) is 7.68. The molecule has 7 heteroatoms. The van der Waals surface area contributed by atoms with Gasteiger partial charge < -0.3 is 20.5 Å². The molecule has 0 aliphatic carbocycles. The van der Waals surface area contributed by atoms with Gasteiger partial charge in [-0.3, -0.25) is 4.90 Å². The number of ether oxygens (including phenoxy) is 2. The van der Waals surface area contributed by atoms with Gasteiger partial charge in [0.15, 0.2) is 5.96 Å². The van der Waals surface area contributed by atoms with E-state index < -0.39 is 0 Å². The van der Waals surface area contributed by atoms with Crippen LogP contribution in [0.5, 0.6) is 5.75 Å². The van der Waals surface area contributed by atoms with Gasteiger partial charge in [-0.1, -0.05) is 36.4 Å². The molecule has 1 saturated heterocycles. The maximum atomic E-state index is 6.02. The SMILES string of the molecule is COc1ccccc1NC(N)=NCc1ccc(CN2CC(C)OC(C)C2)cc1.I. The number of hydrogen-bond donors (Lipinski definition) is 2. The first kappa shape index (κ1) is 23.4. The van der Waals surface area contributed by atoms with Crippen molar-refractivity contribution in [3.05, 3.63) is 59.7 Å². The van der Waals surface area contributed by atoms with E-state index >= 15 is 0 Å². The minimum Gasteiger partial charge on any atom is -0.495 e. The third-order valence-corrected chi connectivity index (χ3v) is 4.73. The number of benzene rings is 2. The highest BCUT2D eigenvalue weighted by atomic mass is 127. The maximum Gasteiger partial charge on any atom is 0.193 e. The number of para-hydroxylation sites is 2. The summed E-state index contributed by atoms with van der Waals surface area (Å²) in [5.74, 6) is 1.10. The predicted octanol–water partition coefficient (Wildman–Crippen LogP) is 3.85. The summed E-state index contributed by atoms with van der Waals surface area (Å²) in [6, 6.07) is 16.2. The Bertz CT molecular complexity index is 788. The number of guanidine groups is 1. The van der Waals surface area contributed by atoms with Crippen molar-refractivity contribution in [2.24, 2.45) is 10.7 Å². The van der Waals surface area contributed by atoms with Crippen molar-refractivity contribution in [3.63, 3.8) is 0 Å². The number of nitrogens with zero attached hydrogens (tertiary/aromatic N) is 2. The predicted molar refractivity (Wildman–Crippen MR) is 129 cm³/mol. The van der Waals surface area contributed by atoms with Gasteiger partial charge in [-0.15, -0.1) is 24.0 Å². The summed E-state index contributed by atoms with van der Waals surface area (Å²) in [5, 5.41) is 3.09. The van der Waals surface area contributed by atoms with Gasteiger partial charge in [-0.05, 0) is 37.1 Å². The number of aliphatic imine (C=N–C) groups is 1. The molecule has 29 heavy (non-hydrogen) atoms. The Morgan fingerprint density at radius 2 is 1.72 bits per heavy atom. The fraction of sp³-hybridized carbons (Fsp3) is 0.409. The van der Waals surface area contributed by atoms with E-state index in [9.17, 15) is 0 Å². The molecule has 1 fully saturated rings. The summed E-state index contributed by atoms with van der Waals surface area (Å²) in [6.07, 6.45) is 0.576. The van der Waals surface area contributed by atoms with Crippen molar-refractivity contribution in [1.29, 1.82) is 0 Å². The van der Waals surface area contributed by atoms with Crippen molar-refractivity contribution < 1.29 is 9.47 Å². The van der Waals surface area contributed by atoms with Gasteiger partial charge in [0, 0.05) is 19.6 Å². The Morgan fingerprint density at radius 1 is 1.10 bits per heavy atom. The molecule has 0 amide bonds. The summed E-state index contributed by atoms with van der Waals surface area (Å²) in [5.41, 5.74) is 9.25. The Kier molecular flexibility index (Phi) is 9.19. The van der Waals surface area contributed by atoms with Gasteiger partial charge in [-0.25, -0.2) is 4.99 Å². The van der Waals surface area contributed by atoms with E-state index in [1.807, 2.05) is 24.3 Å². The zero-order chi connectivity index (χ0) is 19.9. The van der Waals surface area contributed by atoms with E-state index in [1.54, 1.807) is 7.11 Å². The lowest BCUT2D eigenvalue weighted by molar-refractivity contribution is -0.0704. The summed E-state index contributed by atoms with van der Waals surface area (Å²) < 4.78 is 11.1. The van der Waals surface area contributed by atoms with Gasteiger partial charge >= 0.3 is 0 Å². The van der Waals surface area contributed by atoms with E-state index in [4.69, 9.17) is 15.2 Å². The Labute approximate surface area is 190 Å². The first-order chi connectivity index (χ1) is 13.5. The molecule has 0 saturated carbocycles. The highest BCUT2D eigenvalue weighted by molar-refractivity contribution is 14.0. The van der Waals surface area contributed by atoms with E-state index in [0.29, 0.717) is 12.5 Å². The minimum absolute atomic E-state index is 0. The first-order valence-electron chi connectivity index (χ1n) is 9.69. The number of anilines is 1. The summed E-state index contributed by atoms with van der Waals surface area (Å²) >= 11 is 0. The average molecular weight is 510 g/mol. The Morgan fingerprint density at radius 3 is 2.38 bits per heavy atom. The van der Waals surface area contributed by atoms with Crippen LogP contribution >= 0.6 is 24.0 Å². The van der Waals surface area contributed by atoms with Crippen LogP contribution in [0, 0.1) is 0 Å². The zero-order valence-corrected chi connectivity index (χ0v) is 19.6. The van der Waals surface area contributed by atoms with Crippen LogP contribution in [0.1, 0.15) is 25.0 Å². The van der Waals surface area contributed by atoms with Gasteiger partial charge in [-0.2, -0.15) is 0 Å². The molecule has 3 rings (SSSR count). The van der Waals surface area contributed by atoms with Crippen LogP contribution in [0.2, 0.25) is 0 Å². The standard InChI is InChI=1S/C22H30N4O2.HI/c1-16-13-26(14-17(2)28-16)15-19-10-8-18(9-11-19)12-24-22(23)25-20-6-4-5-7-21(20)27-3;/h4-11,16-17H,12-15H2,1-3H3,(H3,23,24,25);1H. The van der Waals surface area contributed by atoms with Crippen LogP contribution in [-0.4, -0.2) is 43.3 Å². The molecule has 1 heterocycles. The van der Waals surface area contributed by atoms with Crippen LogP contribution < -0.4 is 15.8 Å². The van der Waals surface area contributed by atoms with Crippen molar-refractivity contribution >= 4 is 35.6 Å². The van der Waals surface area contributed by atoms with Gasteiger partial charge in [0.05, 0.1) is 31.5 Å². The molecule has 0 aromatic heterocycles. The zero-order valence-electron chi connectivity index (χ0n) is 17.3. The van der Waals surface area contributed by atoms with Gasteiger partial charge in [0.2, 0.25) is 0 Å². The number of nitrogens with one attached hydrogen (secondary N) is 1. The fourth-order valence-corrected chi connectivity index (χ4v) is 3.52. The summed E-state index contributed by atoms with van der Waals surface area (Å²) in [4.78, 5) is 6.88. The van der Waals surface area contributed by atoms with Crippen LogP contribution in [-0.2, 0) is 17.8 Å². The molecular formula is C22H31IN4O2. The molecule has 6 nitrogen and oxygen atoms in total. The molecule has 1 aliphatic heterocycles. The first-order valence-corrected chi connectivity index (χ1v) is 9.69. The largest absolute Gasteiger partial charge is 0.495 e. The van der Waals surface area contributed by atoms with Gasteiger partial charge in [0.25, 0.3) is 0 Å². The van der Waals surface area contributed by atoms with E-state index in [0.717, 1.165) is 36.6 Å².